The van der Waals surface area contributed by atoms with E-state index in [1.165, 1.54) is 57.8 Å². The summed E-state index contributed by atoms with van der Waals surface area (Å²) in [7, 11) is 0. The Bertz CT molecular complexity index is 153. The number of ether oxygens (including phenoxy) is 1. The largest absolute Gasteiger partial charge is 0.501 e. The summed E-state index contributed by atoms with van der Waals surface area (Å²) in [5, 5.41) is 0. The second kappa shape index (κ2) is 10.7. The summed E-state index contributed by atoms with van der Waals surface area (Å²) in [6.45, 7) is 11.4. The van der Waals surface area contributed by atoms with Crippen molar-refractivity contribution in [1.29, 1.82) is 0 Å². The van der Waals surface area contributed by atoms with Gasteiger partial charge < -0.3 is 4.74 Å². The molecule has 102 valence electrons. The Morgan fingerprint density at radius 1 is 0.882 bits per heavy atom. The zero-order valence-electron chi connectivity index (χ0n) is 12.3. The van der Waals surface area contributed by atoms with E-state index in [-0.39, 0.29) is 0 Å². The normalized spacial score (nSPS) is 11.5. The molecule has 0 aromatic carbocycles. The van der Waals surface area contributed by atoms with Gasteiger partial charge in [0.15, 0.2) is 0 Å². The van der Waals surface area contributed by atoms with Crippen LogP contribution < -0.4 is 0 Å². The first-order valence-corrected chi connectivity index (χ1v) is 7.47. The van der Waals surface area contributed by atoms with Crippen molar-refractivity contribution in [2.24, 2.45) is 5.41 Å². The highest BCUT2D eigenvalue weighted by Gasteiger charge is 2.28. The summed E-state index contributed by atoms with van der Waals surface area (Å²) in [6.07, 6.45) is 13.4. The molecule has 0 unspecified atom stereocenters. The Morgan fingerprint density at radius 3 is 1.59 bits per heavy atom. The lowest BCUT2D eigenvalue weighted by molar-refractivity contribution is 0.0749. The fourth-order valence-electron chi connectivity index (χ4n) is 2.48. The molecule has 1 heteroatoms. The molecule has 0 aliphatic heterocycles. The molecule has 1 nitrogen and oxygen atoms in total. The molecule has 17 heavy (non-hydrogen) atoms. The van der Waals surface area contributed by atoms with Crippen LogP contribution in [0.4, 0.5) is 0 Å². The molecule has 0 bridgehead atoms. The molecule has 0 saturated heterocycles. The molecule has 0 N–H and O–H groups in total. The minimum atomic E-state index is 0.413. The molecule has 0 saturated carbocycles. The third-order valence-electron chi connectivity index (χ3n) is 3.69. The van der Waals surface area contributed by atoms with Crippen LogP contribution in [0.1, 0.15) is 78.6 Å². The van der Waals surface area contributed by atoms with E-state index in [0.717, 1.165) is 6.61 Å². The monoisotopic (exact) mass is 240 g/mol. The fraction of sp³-hybridized carbons (Fsp3) is 0.875. The van der Waals surface area contributed by atoms with E-state index >= 15 is 0 Å². The summed E-state index contributed by atoms with van der Waals surface area (Å²) >= 11 is 0. The standard InChI is InChI=1S/C16H32O/c1-5-9-12-16(13-10-6-2,14-11-7-3)15-17-8-4/h8H,4-7,9-15H2,1-3H3. The molecule has 0 aromatic rings. The van der Waals surface area contributed by atoms with Crippen LogP contribution in [0.25, 0.3) is 0 Å². The van der Waals surface area contributed by atoms with Crippen molar-refractivity contribution in [3.8, 4) is 0 Å². The van der Waals surface area contributed by atoms with Crippen molar-refractivity contribution >= 4 is 0 Å². The lowest BCUT2D eigenvalue weighted by atomic mass is 9.75. The van der Waals surface area contributed by atoms with Gasteiger partial charge in [-0.25, -0.2) is 0 Å². The van der Waals surface area contributed by atoms with Gasteiger partial charge in [-0.15, -0.1) is 0 Å². The minimum absolute atomic E-state index is 0.413. The second-order valence-corrected chi connectivity index (χ2v) is 5.29. The number of rotatable bonds is 12. The van der Waals surface area contributed by atoms with Crippen molar-refractivity contribution in [3.63, 3.8) is 0 Å². The molecule has 0 heterocycles. The van der Waals surface area contributed by atoms with Gasteiger partial charge in [-0.05, 0) is 19.3 Å². The summed E-state index contributed by atoms with van der Waals surface area (Å²) in [5.41, 5.74) is 0.413. The molecule has 0 rings (SSSR count). The maximum Gasteiger partial charge on any atom is 0.0929 e. The van der Waals surface area contributed by atoms with E-state index in [0.29, 0.717) is 5.41 Å². The van der Waals surface area contributed by atoms with E-state index in [1.807, 2.05) is 0 Å². The number of hydrogen-bond donors (Lipinski definition) is 0. The summed E-state index contributed by atoms with van der Waals surface area (Å²) < 4.78 is 5.55. The summed E-state index contributed by atoms with van der Waals surface area (Å²) in [4.78, 5) is 0. The van der Waals surface area contributed by atoms with Crippen molar-refractivity contribution < 1.29 is 4.74 Å². The van der Waals surface area contributed by atoms with Gasteiger partial charge in [-0.1, -0.05) is 65.9 Å². The Balaban J connectivity index is 4.44. The van der Waals surface area contributed by atoms with Crippen LogP contribution in [0.15, 0.2) is 12.8 Å². The van der Waals surface area contributed by atoms with Crippen molar-refractivity contribution in [2.45, 2.75) is 78.6 Å². The van der Waals surface area contributed by atoms with Gasteiger partial charge in [-0.3, -0.25) is 0 Å². The van der Waals surface area contributed by atoms with Crippen LogP contribution in [-0.4, -0.2) is 6.61 Å². The maximum absolute atomic E-state index is 5.55. The van der Waals surface area contributed by atoms with Gasteiger partial charge in [0.2, 0.25) is 0 Å². The summed E-state index contributed by atoms with van der Waals surface area (Å²) in [6, 6.07) is 0. The van der Waals surface area contributed by atoms with Crippen LogP contribution in [0.3, 0.4) is 0 Å². The Hall–Kier alpha value is -0.460. The first-order chi connectivity index (χ1) is 8.24. The maximum atomic E-state index is 5.55. The molecule has 0 atom stereocenters. The second-order valence-electron chi connectivity index (χ2n) is 5.29. The average Bonchev–Trinajstić information content (AvgIpc) is 2.37. The minimum Gasteiger partial charge on any atom is -0.501 e. The van der Waals surface area contributed by atoms with E-state index in [1.54, 1.807) is 6.26 Å². The third-order valence-corrected chi connectivity index (χ3v) is 3.69. The Labute approximate surface area is 109 Å². The van der Waals surface area contributed by atoms with Gasteiger partial charge in [0, 0.05) is 5.41 Å². The quantitative estimate of drug-likeness (QED) is 0.397. The predicted octanol–water partition coefficient (Wildman–Crippen LogP) is 5.70. The topological polar surface area (TPSA) is 9.23 Å². The molecule has 0 fully saturated rings. The lowest BCUT2D eigenvalue weighted by Gasteiger charge is -2.33. The number of hydrogen-bond acceptors (Lipinski definition) is 1. The first kappa shape index (κ1) is 16.5. The van der Waals surface area contributed by atoms with Gasteiger partial charge in [0.05, 0.1) is 12.9 Å². The lowest BCUT2D eigenvalue weighted by Crippen LogP contribution is -2.26. The van der Waals surface area contributed by atoms with Gasteiger partial charge in [0.25, 0.3) is 0 Å². The van der Waals surface area contributed by atoms with Crippen LogP contribution in [0.2, 0.25) is 0 Å². The van der Waals surface area contributed by atoms with E-state index in [4.69, 9.17) is 4.74 Å². The van der Waals surface area contributed by atoms with Crippen LogP contribution in [0.5, 0.6) is 0 Å². The van der Waals surface area contributed by atoms with Crippen LogP contribution in [-0.2, 0) is 4.74 Å². The molecule has 0 aliphatic carbocycles. The zero-order chi connectivity index (χ0) is 13.0. The SMILES string of the molecule is C=COCC(CCCC)(CCCC)CCCC. The molecule has 0 amide bonds. The molecular weight excluding hydrogens is 208 g/mol. The summed E-state index contributed by atoms with van der Waals surface area (Å²) in [5.74, 6) is 0. The van der Waals surface area contributed by atoms with Crippen LogP contribution >= 0.6 is 0 Å². The Kier molecular flexibility index (Phi) is 10.4. The highest BCUT2D eigenvalue weighted by molar-refractivity contribution is 4.80. The van der Waals surface area contributed by atoms with E-state index in [9.17, 15) is 0 Å². The van der Waals surface area contributed by atoms with Gasteiger partial charge in [0.1, 0.15) is 0 Å². The smallest absolute Gasteiger partial charge is 0.0929 e. The predicted molar refractivity (Wildman–Crippen MR) is 77.2 cm³/mol. The van der Waals surface area contributed by atoms with Gasteiger partial charge in [-0.2, -0.15) is 0 Å². The van der Waals surface area contributed by atoms with E-state index in [2.05, 4.69) is 27.4 Å². The third kappa shape index (κ3) is 7.46. The fourth-order valence-corrected chi connectivity index (χ4v) is 2.48. The van der Waals surface area contributed by atoms with Crippen molar-refractivity contribution in [2.75, 3.05) is 6.61 Å². The van der Waals surface area contributed by atoms with Gasteiger partial charge >= 0.3 is 0 Å². The van der Waals surface area contributed by atoms with Crippen molar-refractivity contribution in [1.82, 2.24) is 0 Å². The van der Waals surface area contributed by atoms with Crippen molar-refractivity contribution in [3.05, 3.63) is 12.8 Å². The number of unbranched alkanes of at least 4 members (excludes halogenated alkanes) is 3. The van der Waals surface area contributed by atoms with E-state index < -0.39 is 0 Å². The van der Waals surface area contributed by atoms with Crippen LogP contribution in [0, 0.1) is 5.41 Å². The average molecular weight is 240 g/mol. The molecule has 0 spiro atoms. The first-order valence-electron chi connectivity index (χ1n) is 7.47. The Morgan fingerprint density at radius 2 is 1.29 bits per heavy atom. The highest BCUT2D eigenvalue weighted by Crippen LogP contribution is 2.37. The molecule has 0 radical (unpaired) electrons. The highest BCUT2D eigenvalue weighted by atomic mass is 16.5. The molecular formula is C16H32O. The molecule has 0 aliphatic rings. The molecule has 0 aromatic heterocycles. The zero-order valence-corrected chi connectivity index (χ0v) is 12.3.